The summed E-state index contributed by atoms with van der Waals surface area (Å²) in [6, 6.07) is 2.80. The van der Waals surface area contributed by atoms with E-state index in [1.807, 2.05) is 6.92 Å². The molecule has 1 fully saturated rings. The molecule has 1 aliphatic rings. The molecule has 0 heterocycles. The molecule has 0 spiro atoms. The van der Waals surface area contributed by atoms with E-state index in [9.17, 15) is 18.0 Å². The van der Waals surface area contributed by atoms with Crippen molar-refractivity contribution in [1.29, 1.82) is 0 Å². The van der Waals surface area contributed by atoms with E-state index in [1.165, 1.54) is 12.1 Å². The number of alkyl halides is 3. The van der Waals surface area contributed by atoms with Crippen molar-refractivity contribution >= 4 is 17.1 Å². The van der Waals surface area contributed by atoms with Crippen molar-refractivity contribution in [3.63, 3.8) is 0 Å². The molecule has 1 aliphatic carbocycles. The van der Waals surface area contributed by atoms with Crippen LogP contribution in [0.25, 0.3) is 11.1 Å². The van der Waals surface area contributed by atoms with E-state index < -0.39 is 11.7 Å². The maximum atomic E-state index is 14.0. The van der Waals surface area contributed by atoms with Crippen LogP contribution in [0.15, 0.2) is 60.9 Å². The van der Waals surface area contributed by atoms with E-state index >= 15 is 0 Å². The zero-order valence-electron chi connectivity index (χ0n) is 20.4. The van der Waals surface area contributed by atoms with Gasteiger partial charge in [0.15, 0.2) is 0 Å². The molecule has 3 nitrogen and oxygen atoms in total. The Bertz CT molecular complexity index is 1020. The number of nitrogens with one attached hydrogen (secondary N) is 1. The van der Waals surface area contributed by atoms with E-state index in [0.29, 0.717) is 40.2 Å². The van der Waals surface area contributed by atoms with E-state index in [2.05, 4.69) is 18.5 Å². The molecule has 1 amide bonds. The number of carbonyl (C=O) groups excluding carboxylic acids is 1. The lowest BCUT2D eigenvalue weighted by molar-refractivity contribution is -0.137. The quantitative estimate of drug-likeness (QED) is 0.156. The second kappa shape index (κ2) is 11.9. The van der Waals surface area contributed by atoms with Gasteiger partial charge in [-0.25, -0.2) is 0 Å². The van der Waals surface area contributed by atoms with Gasteiger partial charge in [-0.05, 0) is 86.1 Å². The second-order valence-corrected chi connectivity index (χ2v) is 8.45. The number of ether oxygens (including phenoxy) is 1. The summed E-state index contributed by atoms with van der Waals surface area (Å²) in [6.07, 6.45) is 5.39. The Morgan fingerprint density at radius 1 is 1.24 bits per heavy atom. The van der Waals surface area contributed by atoms with Crippen LogP contribution in [0.2, 0.25) is 0 Å². The highest BCUT2D eigenvalue weighted by Gasteiger charge is 2.35. The van der Waals surface area contributed by atoms with Crippen LogP contribution in [0, 0.1) is 6.92 Å². The standard InChI is InChI=1S/C28H34F3NO2/c1-7-10-15-34-19(5)11-12-21(8-2)25-17-24(18(4)16-26(25)28(29,30)31)20(6)23(9-3)27(33)32-22-13-14-22/h8-9,11-12,16-17,22H,3,5,7,10,13-15H2,1-2,4,6H3,(H,32,33)/b12-11-,21-8+,23-20+. The predicted octanol–water partition coefficient (Wildman–Crippen LogP) is 7.54. The smallest absolute Gasteiger partial charge is 0.417 e. The average Bonchev–Trinajstić information content (AvgIpc) is 3.58. The van der Waals surface area contributed by atoms with Gasteiger partial charge in [-0.15, -0.1) is 0 Å². The summed E-state index contributed by atoms with van der Waals surface area (Å²) in [5.41, 5.74) is 1.60. The largest absolute Gasteiger partial charge is 0.494 e. The number of amides is 1. The van der Waals surface area contributed by atoms with Crippen LogP contribution in [0.3, 0.4) is 0 Å². The highest BCUT2D eigenvalue weighted by molar-refractivity contribution is 6.04. The number of rotatable bonds is 11. The Morgan fingerprint density at radius 3 is 2.44 bits per heavy atom. The first-order chi connectivity index (χ1) is 16.0. The topological polar surface area (TPSA) is 38.3 Å². The van der Waals surface area contributed by atoms with Crippen LogP contribution in [0.1, 0.15) is 68.7 Å². The number of aryl methyl sites for hydroxylation is 1. The third-order valence-electron chi connectivity index (χ3n) is 5.70. The number of allylic oxidation sites excluding steroid dienone is 5. The van der Waals surface area contributed by atoms with Crippen molar-refractivity contribution in [3.8, 4) is 0 Å². The molecule has 6 heteroatoms. The molecule has 0 aromatic heterocycles. The van der Waals surface area contributed by atoms with E-state index in [-0.39, 0.29) is 17.5 Å². The van der Waals surface area contributed by atoms with Crippen molar-refractivity contribution in [1.82, 2.24) is 5.32 Å². The number of hydrogen-bond acceptors (Lipinski definition) is 2. The molecular formula is C28H34F3NO2. The van der Waals surface area contributed by atoms with Crippen LogP contribution >= 0.6 is 0 Å². The van der Waals surface area contributed by atoms with Gasteiger partial charge in [-0.3, -0.25) is 4.79 Å². The van der Waals surface area contributed by atoms with Crippen LogP contribution in [0.4, 0.5) is 13.2 Å². The van der Waals surface area contributed by atoms with Crippen LogP contribution in [0.5, 0.6) is 0 Å². The minimum absolute atomic E-state index is 0.0265. The first kappa shape index (κ1) is 27.2. The SMILES string of the molecule is C=C/C(C(=O)NC1CC1)=C(/C)c1cc(C(/C=C\C(=C)OCCCC)=C/C)c(C(F)(F)F)cc1C. The number of benzene rings is 1. The van der Waals surface area contributed by atoms with E-state index in [4.69, 9.17) is 4.74 Å². The molecule has 1 aromatic rings. The molecule has 34 heavy (non-hydrogen) atoms. The van der Waals surface area contributed by atoms with Gasteiger partial charge in [0.25, 0.3) is 5.91 Å². The molecule has 1 N–H and O–H groups in total. The van der Waals surface area contributed by atoms with Gasteiger partial charge in [-0.1, -0.05) is 44.7 Å². The summed E-state index contributed by atoms with van der Waals surface area (Å²) in [7, 11) is 0. The molecular weight excluding hydrogens is 439 g/mol. The van der Waals surface area contributed by atoms with Gasteiger partial charge in [-0.2, -0.15) is 13.2 Å². The Labute approximate surface area is 200 Å². The predicted molar refractivity (Wildman–Crippen MR) is 133 cm³/mol. The molecule has 1 aromatic carbocycles. The zero-order chi connectivity index (χ0) is 25.5. The van der Waals surface area contributed by atoms with Crippen molar-refractivity contribution in [3.05, 3.63) is 83.2 Å². The summed E-state index contributed by atoms with van der Waals surface area (Å²) in [5.74, 6) is 0.123. The monoisotopic (exact) mass is 473 g/mol. The third-order valence-corrected chi connectivity index (χ3v) is 5.70. The van der Waals surface area contributed by atoms with Gasteiger partial charge in [0, 0.05) is 11.6 Å². The normalized spacial score (nSPS) is 15.2. The zero-order valence-corrected chi connectivity index (χ0v) is 20.4. The minimum Gasteiger partial charge on any atom is -0.494 e. The molecule has 2 rings (SSSR count). The summed E-state index contributed by atoms with van der Waals surface area (Å²) < 4.78 is 47.4. The maximum Gasteiger partial charge on any atom is 0.417 e. The molecule has 0 radical (unpaired) electrons. The second-order valence-electron chi connectivity index (χ2n) is 8.45. The van der Waals surface area contributed by atoms with Crippen molar-refractivity contribution in [2.75, 3.05) is 6.61 Å². The molecule has 0 saturated heterocycles. The average molecular weight is 474 g/mol. The highest BCUT2D eigenvalue weighted by Crippen LogP contribution is 2.39. The van der Waals surface area contributed by atoms with Crippen LogP contribution < -0.4 is 5.32 Å². The summed E-state index contributed by atoms with van der Waals surface area (Å²) >= 11 is 0. The summed E-state index contributed by atoms with van der Waals surface area (Å²) in [4.78, 5) is 12.7. The molecule has 0 atom stereocenters. The third kappa shape index (κ3) is 7.24. The summed E-state index contributed by atoms with van der Waals surface area (Å²) in [5, 5.41) is 2.92. The van der Waals surface area contributed by atoms with Gasteiger partial charge in [0.05, 0.1) is 12.2 Å². The lowest BCUT2D eigenvalue weighted by atomic mass is 9.89. The fourth-order valence-electron chi connectivity index (χ4n) is 3.56. The van der Waals surface area contributed by atoms with Crippen LogP contribution in [-0.2, 0) is 15.7 Å². The lowest BCUT2D eigenvalue weighted by Gasteiger charge is -2.19. The number of carbonyl (C=O) groups is 1. The highest BCUT2D eigenvalue weighted by atomic mass is 19.4. The maximum absolute atomic E-state index is 14.0. The van der Waals surface area contributed by atoms with E-state index in [0.717, 1.165) is 31.7 Å². The fraction of sp³-hybridized carbons (Fsp3) is 0.393. The molecule has 0 bridgehead atoms. The lowest BCUT2D eigenvalue weighted by Crippen LogP contribution is -2.26. The van der Waals surface area contributed by atoms with Crippen LogP contribution in [-0.4, -0.2) is 18.6 Å². The Balaban J connectivity index is 2.54. The summed E-state index contributed by atoms with van der Waals surface area (Å²) in [6.45, 7) is 15.1. The van der Waals surface area contributed by atoms with Gasteiger partial charge in [0.1, 0.15) is 5.76 Å². The van der Waals surface area contributed by atoms with Gasteiger partial charge >= 0.3 is 6.18 Å². The first-order valence-electron chi connectivity index (χ1n) is 11.6. The number of unbranched alkanes of at least 4 members (excludes halogenated alkanes) is 1. The van der Waals surface area contributed by atoms with Gasteiger partial charge in [0.2, 0.25) is 0 Å². The van der Waals surface area contributed by atoms with Crippen molar-refractivity contribution in [2.24, 2.45) is 0 Å². The Kier molecular flexibility index (Phi) is 9.54. The van der Waals surface area contributed by atoms with Gasteiger partial charge < -0.3 is 10.1 Å². The number of hydrogen-bond donors (Lipinski definition) is 1. The van der Waals surface area contributed by atoms with E-state index in [1.54, 1.807) is 39.0 Å². The molecule has 0 unspecified atom stereocenters. The molecule has 184 valence electrons. The fourth-order valence-corrected chi connectivity index (χ4v) is 3.56. The van der Waals surface area contributed by atoms with Crippen molar-refractivity contribution in [2.45, 2.75) is 65.6 Å². The Hall–Kier alpha value is -3.02. The Morgan fingerprint density at radius 2 is 1.91 bits per heavy atom. The molecule has 0 aliphatic heterocycles. The first-order valence-corrected chi connectivity index (χ1v) is 11.6. The van der Waals surface area contributed by atoms with Crippen molar-refractivity contribution < 1.29 is 22.7 Å². The minimum atomic E-state index is -4.54. The number of halogens is 3. The molecule has 1 saturated carbocycles.